The molecule has 1 fully saturated rings. The van der Waals surface area contributed by atoms with Crippen molar-refractivity contribution in [2.75, 3.05) is 19.7 Å². The molecule has 0 bridgehead atoms. The maximum atomic E-state index is 8.72. The first kappa shape index (κ1) is 10.0. The first-order chi connectivity index (χ1) is 5.88. The number of aliphatic hydroxyl groups excluding tert-OH is 1. The molecule has 0 saturated carbocycles. The third-order valence-electron chi connectivity index (χ3n) is 2.71. The number of rotatable bonds is 5. The van der Waals surface area contributed by atoms with E-state index < -0.39 is 0 Å². The molecule has 12 heavy (non-hydrogen) atoms. The Morgan fingerprint density at radius 1 is 1.50 bits per heavy atom. The second kappa shape index (κ2) is 5.55. The molecular formula is C10H21NO. The summed E-state index contributed by atoms with van der Waals surface area (Å²) < 4.78 is 0. The van der Waals surface area contributed by atoms with Crippen LogP contribution in [0.2, 0.25) is 0 Å². The van der Waals surface area contributed by atoms with E-state index in [4.69, 9.17) is 5.11 Å². The normalized spacial score (nSPS) is 25.0. The first-order valence-electron chi connectivity index (χ1n) is 5.23. The summed E-state index contributed by atoms with van der Waals surface area (Å²) in [6.07, 6.45) is 6.13. The van der Waals surface area contributed by atoms with Crippen molar-refractivity contribution in [1.82, 2.24) is 4.90 Å². The van der Waals surface area contributed by atoms with Crippen molar-refractivity contribution in [1.29, 1.82) is 0 Å². The number of nitrogens with zero attached hydrogens (tertiary/aromatic N) is 1. The summed E-state index contributed by atoms with van der Waals surface area (Å²) in [6, 6.07) is 0.775. The van der Waals surface area contributed by atoms with Crippen LogP contribution in [0.5, 0.6) is 0 Å². The maximum absolute atomic E-state index is 8.72. The zero-order valence-corrected chi connectivity index (χ0v) is 8.13. The summed E-state index contributed by atoms with van der Waals surface area (Å²) in [5.41, 5.74) is 0. The zero-order valence-electron chi connectivity index (χ0n) is 8.13. The van der Waals surface area contributed by atoms with Crippen LogP contribution in [0.1, 0.15) is 39.0 Å². The van der Waals surface area contributed by atoms with E-state index in [0.717, 1.165) is 12.5 Å². The molecule has 0 unspecified atom stereocenters. The molecule has 0 aromatic rings. The van der Waals surface area contributed by atoms with E-state index in [0.29, 0.717) is 6.61 Å². The van der Waals surface area contributed by atoms with Crippen LogP contribution in [0, 0.1) is 0 Å². The number of aliphatic hydroxyl groups is 1. The zero-order chi connectivity index (χ0) is 8.81. The van der Waals surface area contributed by atoms with Gasteiger partial charge in [-0.1, -0.05) is 6.92 Å². The number of likely N-dealkylation sites (tertiary alicyclic amines) is 1. The Bertz CT molecular complexity index is 116. The van der Waals surface area contributed by atoms with Crippen molar-refractivity contribution in [3.05, 3.63) is 0 Å². The Balaban J connectivity index is 2.20. The summed E-state index contributed by atoms with van der Waals surface area (Å²) >= 11 is 0. The van der Waals surface area contributed by atoms with Crippen LogP contribution in [-0.4, -0.2) is 35.7 Å². The summed E-state index contributed by atoms with van der Waals surface area (Å²) in [5, 5.41) is 8.72. The Morgan fingerprint density at radius 3 is 3.00 bits per heavy atom. The van der Waals surface area contributed by atoms with Crippen molar-refractivity contribution < 1.29 is 5.11 Å². The van der Waals surface area contributed by atoms with Gasteiger partial charge >= 0.3 is 0 Å². The van der Waals surface area contributed by atoms with E-state index in [1.807, 2.05) is 0 Å². The second-order valence-electron chi connectivity index (χ2n) is 3.70. The van der Waals surface area contributed by atoms with Crippen LogP contribution >= 0.6 is 0 Å². The molecule has 2 heteroatoms. The van der Waals surface area contributed by atoms with Crippen LogP contribution in [0.25, 0.3) is 0 Å². The van der Waals surface area contributed by atoms with Gasteiger partial charge in [0.2, 0.25) is 0 Å². The molecule has 0 amide bonds. The predicted molar refractivity (Wildman–Crippen MR) is 51.2 cm³/mol. The fourth-order valence-corrected chi connectivity index (χ4v) is 2.13. The summed E-state index contributed by atoms with van der Waals surface area (Å²) in [7, 11) is 0. The molecule has 0 radical (unpaired) electrons. The lowest BCUT2D eigenvalue weighted by Crippen LogP contribution is -2.30. The minimum absolute atomic E-state index is 0.358. The van der Waals surface area contributed by atoms with Gasteiger partial charge < -0.3 is 10.0 Å². The molecule has 0 aromatic heterocycles. The van der Waals surface area contributed by atoms with Gasteiger partial charge in [-0.25, -0.2) is 0 Å². The topological polar surface area (TPSA) is 23.5 Å². The SMILES string of the molecule is CCCN1CCC[C@H]1CCCO. The second-order valence-corrected chi connectivity index (χ2v) is 3.70. The van der Waals surface area contributed by atoms with Crippen LogP contribution in [0.15, 0.2) is 0 Å². The average molecular weight is 171 g/mol. The molecule has 1 saturated heterocycles. The van der Waals surface area contributed by atoms with Crippen molar-refractivity contribution >= 4 is 0 Å². The van der Waals surface area contributed by atoms with Gasteiger partial charge in [0.1, 0.15) is 0 Å². The summed E-state index contributed by atoms with van der Waals surface area (Å²) in [6.45, 7) is 5.12. The van der Waals surface area contributed by atoms with Gasteiger partial charge in [-0.15, -0.1) is 0 Å². The van der Waals surface area contributed by atoms with Gasteiger partial charge in [0, 0.05) is 12.6 Å². The molecule has 72 valence electrons. The van der Waals surface area contributed by atoms with Gasteiger partial charge in [-0.05, 0) is 45.2 Å². The van der Waals surface area contributed by atoms with Crippen LogP contribution < -0.4 is 0 Å². The van der Waals surface area contributed by atoms with Crippen molar-refractivity contribution in [3.63, 3.8) is 0 Å². The van der Waals surface area contributed by atoms with E-state index in [1.54, 1.807) is 0 Å². The third kappa shape index (κ3) is 2.76. The monoisotopic (exact) mass is 171 g/mol. The lowest BCUT2D eigenvalue weighted by atomic mass is 10.1. The standard InChI is InChI=1S/C10H21NO/c1-2-7-11-8-3-5-10(11)6-4-9-12/h10,12H,2-9H2,1H3/t10-/m0/s1. The smallest absolute Gasteiger partial charge is 0.0431 e. The van der Waals surface area contributed by atoms with Gasteiger partial charge in [0.15, 0.2) is 0 Å². The highest BCUT2D eigenvalue weighted by molar-refractivity contribution is 4.78. The van der Waals surface area contributed by atoms with Gasteiger partial charge in [-0.3, -0.25) is 0 Å². The Labute approximate surface area is 75.6 Å². The number of hydrogen-bond acceptors (Lipinski definition) is 2. The summed E-state index contributed by atoms with van der Waals surface area (Å²) in [5.74, 6) is 0. The Kier molecular flexibility index (Phi) is 4.62. The third-order valence-corrected chi connectivity index (χ3v) is 2.71. The first-order valence-corrected chi connectivity index (χ1v) is 5.23. The molecule has 1 aliphatic rings. The van der Waals surface area contributed by atoms with Crippen LogP contribution in [-0.2, 0) is 0 Å². The predicted octanol–water partition coefficient (Wildman–Crippen LogP) is 1.63. The van der Waals surface area contributed by atoms with Gasteiger partial charge in [-0.2, -0.15) is 0 Å². The van der Waals surface area contributed by atoms with Crippen molar-refractivity contribution in [2.45, 2.75) is 45.1 Å². The molecule has 1 aliphatic heterocycles. The average Bonchev–Trinajstić information content (AvgIpc) is 2.50. The number of hydrogen-bond donors (Lipinski definition) is 1. The lowest BCUT2D eigenvalue weighted by Gasteiger charge is -2.23. The highest BCUT2D eigenvalue weighted by atomic mass is 16.2. The fraction of sp³-hybridized carbons (Fsp3) is 1.00. The van der Waals surface area contributed by atoms with Gasteiger partial charge in [0.05, 0.1) is 0 Å². The minimum atomic E-state index is 0.358. The molecule has 0 aliphatic carbocycles. The molecular weight excluding hydrogens is 150 g/mol. The molecule has 1 rings (SSSR count). The van der Waals surface area contributed by atoms with E-state index in [1.165, 1.54) is 38.8 Å². The van der Waals surface area contributed by atoms with E-state index >= 15 is 0 Å². The Morgan fingerprint density at radius 2 is 2.33 bits per heavy atom. The molecule has 1 heterocycles. The highest BCUT2D eigenvalue weighted by Gasteiger charge is 2.22. The Hall–Kier alpha value is -0.0800. The lowest BCUT2D eigenvalue weighted by molar-refractivity contribution is 0.216. The van der Waals surface area contributed by atoms with Crippen LogP contribution in [0.3, 0.4) is 0 Å². The van der Waals surface area contributed by atoms with E-state index in [2.05, 4.69) is 11.8 Å². The van der Waals surface area contributed by atoms with E-state index in [-0.39, 0.29) is 0 Å². The highest BCUT2D eigenvalue weighted by Crippen LogP contribution is 2.20. The van der Waals surface area contributed by atoms with Crippen molar-refractivity contribution in [3.8, 4) is 0 Å². The molecule has 0 aromatic carbocycles. The van der Waals surface area contributed by atoms with Crippen molar-refractivity contribution in [2.24, 2.45) is 0 Å². The molecule has 0 spiro atoms. The van der Waals surface area contributed by atoms with Gasteiger partial charge in [0.25, 0.3) is 0 Å². The molecule has 1 atom stereocenters. The van der Waals surface area contributed by atoms with E-state index in [9.17, 15) is 0 Å². The molecule has 2 nitrogen and oxygen atoms in total. The quantitative estimate of drug-likeness (QED) is 0.679. The largest absolute Gasteiger partial charge is 0.396 e. The molecule has 1 N–H and O–H groups in total. The van der Waals surface area contributed by atoms with Crippen LogP contribution in [0.4, 0.5) is 0 Å². The minimum Gasteiger partial charge on any atom is -0.396 e. The maximum Gasteiger partial charge on any atom is 0.0431 e. The summed E-state index contributed by atoms with van der Waals surface area (Å²) in [4.78, 5) is 2.58. The fourth-order valence-electron chi connectivity index (χ4n) is 2.13.